The Bertz CT molecular complexity index is 1440. The molecule has 0 spiro atoms. The maximum atomic E-state index is 13.0. The number of carboxylic acid groups (broad SMARTS) is 1. The van der Waals surface area contributed by atoms with E-state index in [0.29, 0.717) is 17.1 Å². The number of nitrogens with zero attached hydrogens (tertiary/aromatic N) is 7. The zero-order valence-corrected chi connectivity index (χ0v) is 22.0. The highest BCUT2D eigenvalue weighted by Gasteiger charge is 2.53. The van der Waals surface area contributed by atoms with Crippen molar-refractivity contribution in [2.75, 3.05) is 24.3 Å². The second kappa shape index (κ2) is 10.8. The summed E-state index contributed by atoms with van der Waals surface area (Å²) in [5.74, 6) is -1.99. The molecule has 1 fully saturated rings. The van der Waals surface area contributed by atoms with E-state index < -0.39 is 29.2 Å². The fourth-order valence-electron chi connectivity index (χ4n) is 3.82. The van der Waals surface area contributed by atoms with Crippen molar-refractivity contribution in [3.8, 4) is 0 Å². The Kier molecular flexibility index (Phi) is 7.30. The Morgan fingerprint density at radius 1 is 1.34 bits per heavy atom. The van der Waals surface area contributed by atoms with Crippen LogP contribution in [0.1, 0.15) is 5.69 Å². The summed E-state index contributed by atoms with van der Waals surface area (Å²) in [6.45, 7) is 0. The highest BCUT2D eigenvalue weighted by Crippen LogP contribution is 2.41. The van der Waals surface area contributed by atoms with Gasteiger partial charge in [0.15, 0.2) is 23.5 Å². The highest BCUT2D eigenvalue weighted by molar-refractivity contribution is 8.01. The summed E-state index contributed by atoms with van der Waals surface area (Å²) in [5.41, 5.74) is 6.10. The molecule has 2 aliphatic heterocycles. The summed E-state index contributed by atoms with van der Waals surface area (Å²) in [4.78, 5) is 48.8. The second-order valence-corrected chi connectivity index (χ2v) is 10.9. The summed E-state index contributed by atoms with van der Waals surface area (Å²) in [6, 6.07) is 2.80. The van der Waals surface area contributed by atoms with Gasteiger partial charge in [-0.3, -0.25) is 14.5 Å². The van der Waals surface area contributed by atoms with Crippen LogP contribution in [0.4, 0.5) is 5.13 Å². The molecule has 0 radical (unpaired) electrons. The lowest BCUT2D eigenvalue weighted by Crippen LogP contribution is -2.71. The maximum Gasteiger partial charge on any atom is 0.276 e. The van der Waals surface area contributed by atoms with Crippen LogP contribution in [0.5, 0.6) is 0 Å². The summed E-state index contributed by atoms with van der Waals surface area (Å²) < 4.78 is 3.46. The minimum absolute atomic E-state index is 0.145. The molecule has 0 unspecified atom stereocenters. The van der Waals surface area contributed by atoms with Gasteiger partial charge in [-0.05, 0) is 5.57 Å². The third-order valence-electron chi connectivity index (χ3n) is 5.56. The van der Waals surface area contributed by atoms with Gasteiger partial charge in [0.05, 0.1) is 11.7 Å². The van der Waals surface area contributed by atoms with Gasteiger partial charge in [-0.15, -0.1) is 45.1 Å². The van der Waals surface area contributed by atoms with Crippen molar-refractivity contribution in [1.29, 1.82) is 0 Å². The molecule has 0 saturated carbocycles. The molecule has 17 heteroatoms. The maximum absolute atomic E-state index is 13.0. The average Bonchev–Trinajstić information content (AvgIpc) is 3.61. The first-order chi connectivity index (χ1) is 18.4. The molecule has 3 aromatic rings. The van der Waals surface area contributed by atoms with E-state index in [-0.39, 0.29) is 22.2 Å². The van der Waals surface area contributed by atoms with E-state index in [0.717, 1.165) is 16.2 Å². The third-order valence-corrected chi connectivity index (χ3v) is 8.67. The Labute approximate surface area is 227 Å². The quantitative estimate of drug-likeness (QED) is 0.0994. The summed E-state index contributed by atoms with van der Waals surface area (Å²) in [6.07, 6.45) is 6.75. The van der Waals surface area contributed by atoms with Crippen molar-refractivity contribution in [2.24, 2.45) is 5.16 Å². The number of aromatic nitrogens is 5. The Morgan fingerprint density at radius 3 is 2.71 bits per heavy atom. The van der Waals surface area contributed by atoms with Gasteiger partial charge in [0.1, 0.15) is 24.2 Å². The zero-order chi connectivity index (χ0) is 26.8. The Balaban J connectivity index is 1.27. The van der Waals surface area contributed by atoms with E-state index in [4.69, 9.17) is 10.6 Å². The predicted octanol–water partition coefficient (Wildman–Crippen LogP) is -1.54. The van der Waals surface area contributed by atoms with Crippen LogP contribution < -0.4 is 20.8 Å². The number of fused-ring (bicyclic) bond motifs is 1. The number of rotatable bonds is 9. The number of nitrogen functional groups attached to an aromatic ring is 1. The van der Waals surface area contributed by atoms with E-state index in [1.54, 1.807) is 27.4 Å². The highest BCUT2D eigenvalue weighted by atomic mass is 32.2. The standard InChI is InChI=1S/C21H19N9O5S3/c1-35-27-14(13-8-38-21(22)25-13)17(31)26-15-18(32)30-16(20(33)34)11(7-37-19(15)30)6-36-12-2-4-28(5-3-12)29-9-23-24-10-29/h2-5,8-10,15,19H,6-7H2,1H3,(H3-,22,25,26,31,33,34)/b27-14-/t15-,19-/m1/s1. The molecule has 2 aliphatic rings. The van der Waals surface area contributed by atoms with Crippen molar-refractivity contribution in [2.45, 2.75) is 16.3 Å². The normalized spacial score (nSPS) is 19.1. The van der Waals surface area contributed by atoms with E-state index in [2.05, 4.69) is 25.7 Å². The number of carbonyl (C=O) groups is 3. The molecular weight excluding hydrogens is 554 g/mol. The molecular formula is C21H19N9O5S3. The topological polar surface area (TPSA) is 185 Å². The third kappa shape index (κ3) is 4.94. The number of oxime groups is 1. The molecule has 14 nitrogen and oxygen atoms in total. The number of carbonyl (C=O) groups excluding carboxylic acids is 3. The number of β-lactam (4-membered cyclic amide) rings is 1. The number of pyridine rings is 1. The summed E-state index contributed by atoms with van der Waals surface area (Å²) in [5, 5.41) is 27.1. The number of hydrogen-bond acceptors (Lipinski definition) is 13. The largest absolute Gasteiger partial charge is 0.543 e. The first kappa shape index (κ1) is 25.7. The van der Waals surface area contributed by atoms with Gasteiger partial charge >= 0.3 is 0 Å². The summed E-state index contributed by atoms with van der Waals surface area (Å²) in [7, 11) is 1.27. The molecule has 196 valence electrons. The lowest BCUT2D eigenvalue weighted by molar-refractivity contribution is -0.728. The van der Waals surface area contributed by atoms with Gasteiger partial charge in [-0.1, -0.05) is 14.5 Å². The van der Waals surface area contributed by atoms with E-state index in [1.807, 2.05) is 24.5 Å². The SMILES string of the molecule is CO/N=C(\C(=O)N[C@@H]1C(=O)N2C(C(=O)[O-])=C(CSc3cc[n+](-n4cnnc4)cc3)CS[C@H]12)c1csc(N)n1. The fraction of sp³-hybridized carbons (Fsp3) is 0.238. The monoisotopic (exact) mass is 573 g/mol. The van der Waals surface area contributed by atoms with Gasteiger partial charge in [-0.25, -0.2) is 4.98 Å². The van der Waals surface area contributed by atoms with Gasteiger partial charge in [0.2, 0.25) is 12.4 Å². The van der Waals surface area contributed by atoms with E-state index >= 15 is 0 Å². The van der Waals surface area contributed by atoms with Crippen molar-refractivity contribution >= 4 is 63.5 Å². The molecule has 5 heterocycles. The van der Waals surface area contributed by atoms with Crippen LogP contribution in [0, 0.1) is 0 Å². The Morgan fingerprint density at radius 2 is 2.08 bits per heavy atom. The van der Waals surface area contributed by atoms with E-state index in [9.17, 15) is 19.5 Å². The number of nitrogens with two attached hydrogens (primary N) is 1. The molecule has 5 rings (SSSR count). The summed E-state index contributed by atoms with van der Waals surface area (Å²) >= 11 is 3.92. The molecule has 2 amide bonds. The minimum Gasteiger partial charge on any atom is -0.543 e. The molecule has 3 N–H and O–H groups in total. The Hall–Kier alpha value is -3.96. The smallest absolute Gasteiger partial charge is 0.276 e. The van der Waals surface area contributed by atoms with E-state index in [1.165, 1.54) is 35.5 Å². The molecule has 2 atom stereocenters. The number of thiazole rings is 1. The van der Waals surface area contributed by atoms with Crippen LogP contribution in [-0.4, -0.2) is 78.3 Å². The van der Waals surface area contributed by atoms with Crippen molar-refractivity contribution in [3.63, 3.8) is 0 Å². The van der Waals surface area contributed by atoms with Gasteiger partial charge in [0.25, 0.3) is 11.8 Å². The van der Waals surface area contributed by atoms with Gasteiger partial charge in [0, 0.05) is 33.9 Å². The average molecular weight is 574 g/mol. The minimum atomic E-state index is -1.44. The number of amides is 2. The number of carboxylic acids is 1. The molecule has 38 heavy (non-hydrogen) atoms. The van der Waals surface area contributed by atoms with Crippen LogP contribution in [0.3, 0.4) is 0 Å². The second-order valence-electron chi connectivity index (χ2n) is 7.84. The number of anilines is 1. The van der Waals surface area contributed by atoms with Crippen LogP contribution in [0.25, 0.3) is 0 Å². The number of aliphatic carboxylic acids is 1. The number of thioether (sulfide) groups is 2. The zero-order valence-electron chi connectivity index (χ0n) is 19.6. The number of nitrogens with one attached hydrogen (secondary N) is 1. The molecule has 0 bridgehead atoms. The van der Waals surface area contributed by atoms with Crippen LogP contribution in [0.2, 0.25) is 0 Å². The molecule has 1 saturated heterocycles. The van der Waals surface area contributed by atoms with Gasteiger partial charge in [-0.2, -0.15) is 0 Å². The first-order valence-electron chi connectivity index (χ1n) is 10.9. The van der Waals surface area contributed by atoms with Crippen LogP contribution >= 0.6 is 34.9 Å². The lowest BCUT2D eigenvalue weighted by atomic mass is 10.0. The van der Waals surface area contributed by atoms with Crippen molar-refractivity contribution in [1.82, 2.24) is 30.1 Å². The predicted molar refractivity (Wildman–Crippen MR) is 135 cm³/mol. The first-order valence-corrected chi connectivity index (χ1v) is 13.8. The van der Waals surface area contributed by atoms with Crippen LogP contribution in [-0.2, 0) is 19.2 Å². The molecule has 0 aromatic carbocycles. The fourth-order valence-corrected chi connectivity index (χ4v) is 6.74. The van der Waals surface area contributed by atoms with Gasteiger partial charge < -0.3 is 25.8 Å². The van der Waals surface area contributed by atoms with Crippen molar-refractivity contribution < 1.29 is 29.0 Å². The molecule has 0 aliphatic carbocycles. The lowest BCUT2D eigenvalue weighted by Gasteiger charge is -2.50. The molecule has 3 aromatic heterocycles. The van der Waals surface area contributed by atoms with Crippen molar-refractivity contribution in [3.05, 3.63) is 59.5 Å². The van der Waals surface area contributed by atoms with Crippen LogP contribution in [0.15, 0.2) is 63.9 Å². The number of hydrogen-bond donors (Lipinski definition) is 2.